The molecule has 0 aromatic carbocycles. The molecule has 0 radical (unpaired) electrons. The molecule has 1 atom stereocenters. The van der Waals surface area contributed by atoms with Crippen LogP contribution < -0.4 is 11.1 Å². The van der Waals surface area contributed by atoms with Crippen LogP contribution in [0.2, 0.25) is 0 Å². The molecule has 17 heavy (non-hydrogen) atoms. The van der Waals surface area contributed by atoms with E-state index in [4.69, 9.17) is 5.73 Å². The molecule has 0 aliphatic heterocycles. The highest BCUT2D eigenvalue weighted by atomic mass is 16.3. The van der Waals surface area contributed by atoms with Crippen LogP contribution in [0.5, 0.6) is 0 Å². The summed E-state index contributed by atoms with van der Waals surface area (Å²) in [5, 5.41) is 12.6. The topological polar surface area (TPSA) is 75.4 Å². The van der Waals surface area contributed by atoms with Crippen molar-refractivity contribution in [3.63, 3.8) is 0 Å². The molecule has 4 nitrogen and oxygen atoms in total. The SMILES string of the molecule is CC(C)C(CN)C(=O)NC1(CO)CCCCC1. The van der Waals surface area contributed by atoms with Crippen LogP contribution in [0.15, 0.2) is 0 Å². The molecule has 100 valence electrons. The fourth-order valence-corrected chi connectivity index (χ4v) is 2.59. The van der Waals surface area contributed by atoms with E-state index in [-0.39, 0.29) is 24.3 Å². The predicted octanol–water partition coefficient (Wildman–Crippen LogP) is 1.03. The van der Waals surface area contributed by atoms with Gasteiger partial charge in [0.25, 0.3) is 0 Å². The molecule has 0 aromatic heterocycles. The average molecular weight is 242 g/mol. The van der Waals surface area contributed by atoms with E-state index >= 15 is 0 Å². The zero-order valence-corrected chi connectivity index (χ0v) is 11.0. The number of aliphatic hydroxyl groups is 1. The lowest BCUT2D eigenvalue weighted by Gasteiger charge is -2.38. The number of rotatable bonds is 5. The number of hydrogen-bond donors (Lipinski definition) is 3. The number of hydrogen-bond acceptors (Lipinski definition) is 3. The van der Waals surface area contributed by atoms with Crippen molar-refractivity contribution in [2.24, 2.45) is 17.6 Å². The van der Waals surface area contributed by atoms with E-state index in [9.17, 15) is 9.90 Å². The van der Waals surface area contributed by atoms with Gasteiger partial charge in [0.1, 0.15) is 0 Å². The Balaban J connectivity index is 2.63. The number of aliphatic hydroxyl groups excluding tert-OH is 1. The summed E-state index contributed by atoms with van der Waals surface area (Å²) in [6.45, 7) is 4.41. The number of amides is 1. The molecule has 0 bridgehead atoms. The Morgan fingerprint density at radius 3 is 2.35 bits per heavy atom. The van der Waals surface area contributed by atoms with Crippen LogP contribution in [-0.2, 0) is 4.79 Å². The highest BCUT2D eigenvalue weighted by Gasteiger charge is 2.35. The summed E-state index contributed by atoms with van der Waals surface area (Å²) in [6.07, 6.45) is 5.11. The number of nitrogens with one attached hydrogen (secondary N) is 1. The minimum atomic E-state index is -0.391. The number of carbonyl (C=O) groups is 1. The Kier molecular flexibility index (Phi) is 5.40. The summed E-state index contributed by atoms with van der Waals surface area (Å²) in [6, 6.07) is 0. The second-order valence-corrected chi connectivity index (χ2v) is 5.57. The number of carbonyl (C=O) groups excluding carboxylic acids is 1. The van der Waals surface area contributed by atoms with Gasteiger partial charge < -0.3 is 16.2 Å². The molecule has 4 heteroatoms. The first-order valence-electron chi connectivity index (χ1n) is 6.67. The summed E-state index contributed by atoms with van der Waals surface area (Å²) < 4.78 is 0. The molecule has 1 fully saturated rings. The normalized spacial score (nSPS) is 21.2. The van der Waals surface area contributed by atoms with E-state index < -0.39 is 5.54 Å². The second-order valence-electron chi connectivity index (χ2n) is 5.57. The predicted molar refractivity (Wildman–Crippen MR) is 68.4 cm³/mol. The van der Waals surface area contributed by atoms with E-state index in [0.29, 0.717) is 6.54 Å². The van der Waals surface area contributed by atoms with Gasteiger partial charge in [0.2, 0.25) is 5.91 Å². The van der Waals surface area contributed by atoms with Gasteiger partial charge in [-0.05, 0) is 18.8 Å². The summed E-state index contributed by atoms with van der Waals surface area (Å²) in [4.78, 5) is 12.1. The van der Waals surface area contributed by atoms with Gasteiger partial charge in [0.15, 0.2) is 0 Å². The molecular formula is C13H26N2O2. The maximum Gasteiger partial charge on any atom is 0.225 e. The van der Waals surface area contributed by atoms with Crippen molar-refractivity contribution in [1.82, 2.24) is 5.32 Å². The summed E-state index contributed by atoms with van der Waals surface area (Å²) >= 11 is 0. The van der Waals surface area contributed by atoms with E-state index in [1.165, 1.54) is 6.42 Å². The van der Waals surface area contributed by atoms with Gasteiger partial charge in [0.05, 0.1) is 18.1 Å². The summed E-state index contributed by atoms with van der Waals surface area (Å²) in [7, 11) is 0. The lowest BCUT2D eigenvalue weighted by atomic mass is 9.81. The molecule has 1 rings (SSSR count). The molecule has 0 heterocycles. The molecule has 1 unspecified atom stereocenters. The third-order valence-corrected chi connectivity index (χ3v) is 3.90. The zero-order valence-electron chi connectivity index (χ0n) is 11.0. The molecule has 4 N–H and O–H groups in total. The zero-order chi connectivity index (χ0) is 12.9. The Morgan fingerprint density at radius 2 is 1.94 bits per heavy atom. The summed E-state index contributed by atoms with van der Waals surface area (Å²) in [5.74, 6) is 0.0816. The minimum Gasteiger partial charge on any atom is -0.394 e. The number of nitrogens with two attached hydrogens (primary N) is 1. The molecule has 1 amide bonds. The molecule has 1 saturated carbocycles. The largest absolute Gasteiger partial charge is 0.394 e. The Morgan fingerprint density at radius 1 is 1.35 bits per heavy atom. The fraction of sp³-hybridized carbons (Fsp3) is 0.923. The molecule has 1 aliphatic carbocycles. The second kappa shape index (κ2) is 6.36. The van der Waals surface area contributed by atoms with E-state index in [1.807, 2.05) is 13.8 Å². The van der Waals surface area contributed by atoms with Crippen molar-refractivity contribution < 1.29 is 9.90 Å². The third-order valence-electron chi connectivity index (χ3n) is 3.90. The van der Waals surface area contributed by atoms with Crippen molar-refractivity contribution in [1.29, 1.82) is 0 Å². The summed E-state index contributed by atoms with van der Waals surface area (Å²) in [5.41, 5.74) is 5.25. The van der Waals surface area contributed by atoms with Crippen LogP contribution in [0.4, 0.5) is 0 Å². The van der Waals surface area contributed by atoms with Crippen LogP contribution in [0.25, 0.3) is 0 Å². The lowest BCUT2D eigenvalue weighted by Crippen LogP contribution is -2.55. The smallest absolute Gasteiger partial charge is 0.225 e. The van der Waals surface area contributed by atoms with E-state index in [1.54, 1.807) is 0 Å². The van der Waals surface area contributed by atoms with Crippen molar-refractivity contribution in [3.8, 4) is 0 Å². The van der Waals surface area contributed by atoms with Gasteiger partial charge in [-0.25, -0.2) is 0 Å². The Bertz CT molecular complexity index is 248. The fourth-order valence-electron chi connectivity index (χ4n) is 2.59. The first kappa shape index (κ1) is 14.5. The van der Waals surface area contributed by atoms with Crippen molar-refractivity contribution >= 4 is 5.91 Å². The van der Waals surface area contributed by atoms with Gasteiger partial charge in [-0.15, -0.1) is 0 Å². The molecule has 1 aliphatic rings. The van der Waals surface area contributed by atoms with Crippen molar-refractivity contribution in [2.45, 2.75) is 51.5 Å². The van der Waals surface area contributed by atoms with Gasteiger partial charge in [-0.3, -0.25) is 4.79 Å². The minimum absolute atomic E-state index is 0.00144. The van der Waals surface area contributed by atoms with E-state index in [2.05, 4.69) is 5.32 Å². The maximum absolute atomic E-state index is 12.1. The molecular weight excluding hydrogens is 216 g/mol. The monoisotopic (exact) mass is 242 g/mol. The van der Waals surface area contributed by atoms with Crippen molar-refractivity contribution in [3.05, 3.63) is 0 Å². The first-order chi connectivity index (χ1) is 8.04. The van der Waals surface area contributed by atoms with Crippen LogP contribution in [0.3, 0.4) is 0 Å². The third kappa shape index (κ3) is 3.68. The average Bonchev–Trinajstić information content (AvgIpc) is 2.30. The van der Waals surface area contributed by atoms with Gasteiger partial charge in [-0.1, -0.05) is 33.1 Å². The first-order valence-corrected chi connectivity index (χ1v) is 6.67. The van der Waals surface area contributed by atoms with Crippen LogP contribution in [0.1, 0.15) is 46.0 Å². The molecule has 0 saturated heterocycles. The lowest BCUT2D eigenvalue weighted by molar-refractivity contribution is -0.129. The Hall–Kier alpha value is -0.610. The quantitative estimate of drug-likeness (QED) is 0.674. The van der Waals surface area contributed by atoms with E-state index in [0.717, 1.165) is 25.7 Å². The standard InChI is InChI=1S/C13H26N2O2/c1-10(2)11(8-14)12(17)15-13(9-16)6-4-3-5-7-13/h10-11,16H,3-9,14H2,1-2H3,(H,15,17). The maximum atomic E-state index is 12.1. The van der Waals surface area contributed by atoms with Crippen LogP contribution >= 0.6 is 0 Å². The van der Waals surface area contributed by atoms with Gasteiger partial charge >= 0.3 is 0 Å². The van der Waals surface area contributed by atoms with Crippen LogP contribution in [-0.4, -0.2) is 29.7 Å². The highest BCUT2D eigenvalue weighted by molar-refractivity contribution is 5.80. The highest BCUT2D eigenvalue weighted by Crippen LogP contribution is 2.28. The Labute approximate surface area is 104 Å². The van der Waals surface area contributed by atoms with Crippen LogP contribution in [0, 0.1) is 11.8 Å². The van der Waals surface area contributed by atoms with Gasteiger partial charge in [0, 0.05) is 6.54 Å². The molecule has 0 spiro atoms. The molecule has 0 aromatic rings. The van der Waals surface area contributed by atoms with Crippen molar-refractivity contribution in [2.75, 3.05) is 13.2 Å². The van der Waals surface area contributed by atoms with Gasteiger partial charge in [-0.2, -0.15) is 0 Å².